The van der Waals surface area contributed by atoms with Gasteiger partial charge < -0.3 is 19.7 Å². The van der Waals surface area contributed by atoms with Crippen LogP contribution < -0.4 is 10.9 Å². The number of aromatic nitrogens is 2. The van der Waals surface area contributed by atoms with Crippen molar-refractivity contribution in [1.29, 1.82) is 0 Å². The number of fused-ring (bicyclic) bond motifs is 2. The third-order valence-electron chi connectivity index (χ3n) is 6.17. The van der Waals surface area contributed by atoms with Crippen molar-refractivity contribution in [3.63, 3.8) is 0 Å². The third-order valence-corrected chi connectivity index (χ3v) is 6.17. The van der Waals surface area contributed by atoms with Crippen molar-refractivity contribution in [2.24, 2.45) is 0 Å². The number of nitrogens with one attached hydrogen (secondary N) is 1. The van der Waals surface area contributed by atoms with Crippen LogP contribution >= 0.6 is 0 Å². The molecule has 1 N–H and O–H groups in total. The van der Waals surface area contributed by atoms with Gasteiger partial charge in [-0.3, -0.25) is 14.4 Å². The average molecular weight is 450 g/mol. The zero-order valence-electron chi connectivity index (χ0n) is 19.6. The highest BCUT2D eigenvalue weighted by molar-refractivity contribution is 6.07. The lowest BCUT2D eigenvalue weighted by atomic mass is 10.1. The molecule has 0 atom stereocenters. The lowest BCUT2D eigenvalue weighted by Crippen LogP contribution is -2.33. The van der Waals surface area contributed by atoms with Crippen LogP contribution in [-0.2, 0) is 11.3 Å². The number of likely N-dealkylation sites (N-methyl/N-ethyl adjacent to an activating group) is 1. The molecule has 8 nitrogen and oxygen atoms in total. The second kappa shape index (κ2) is 9.70. The van der Waals surface area contributed by atoms with E-state index in [1.54, 1.807) is 10.8 Å². The predicted octanol–water partition coefficient (Wildman–Crippen LogP) is 2.16. The van der Waals surface area contributed by atoms with Crippen molar-refractivity contribution < 1.29 is 9.59 Å². The summed E-state index contributed by atoms with van der Waals surface area (Å²) >= 11 is 0. The van der Waals surface area contributed by atoms with Crippen LogP contribution in [0.4, 0.5) is 0 Å². The Balaban J connectivity index is 1.72. The average Bonchev–Trinajstić information content (AvgIpc) is 3.19. The Morgan fingerprint density at radius 3 is 2.73 bits per heavy atom. The van der Waals surface area contributed by atoms with Gasteiger partial charge in [-0.2, -0.15) is 0 Å². The van der Waals surface area contributed by atoms with Crippen molar-refractivity contribution in [3.8, 4) is 0 Å². The van der Waals surface area contributed by atoms with Gasteiger partial charge in [0.2, 0.25) is 5.91 Å². The summed E-state index contributed by atoms with van der Waals surface area (Å²) in [6.07, 6.45) is 3.77. The van der Waals surface area contributed by atoms with Gasteiger partial charge in [-0.15, -0.1) is 0 Å². The van der Waals surface area contributed by atoms with Crippen molar-refractivity contribution in [2.45, 2.75) is 32.7 Å². The molecule has 3 heterocycles. The fourth-order valence-corrected chi connectivity index (χ4v) is 4.34. The number of nitrogens with zero attached hydrogens (tertiary/aromatic N) is 4. The van der Waals surface area contributed by atoms with E-state index in [2.05, 4.69) is 5.32 Å². The number of aryl methyl sites for hydroxylation is 2. The number of hydrogen-bond donors (Lipinski definition) is 1. The topological polar surface area (TPSA) is 87.5 Å². The van der Waals surface area contributed by atoms with Crippen LogP contribution in [0.3, 0.4) is 0 Å². The van der Waals surface area contributed by atoms with E-state index in [1.807, 2.05) is 55.1 Å². The minimum absolute atomic E-state index is 0.168. The van der Waals surface area contributed by atoms with Gasteiger partial charge in [-0.1, -0.05) is 18.2 Å². The first kappa shape index (κ1) is 22.9. The zero-order valence-corrected chi connectivity index (χ0v) is 19.6. The molecule has 1 aliphatic rings. The van der Waals surface area contributed by atoms with Crippen LogP contribution in [0.5, 0.6) is 0 Å². The van der Waals surface area contributed by atoms with E-state index in [1.165, 1.54) is 0 Å². The van der Waals surface area contributed by atoms with Crippen LogP contribution in [0.25, 0.3) is 21.8 Å². The Labute approximate surface area is 193 Å². The molecule has 2 amide bonds. The molecule has 4 rings (SSSR count). The molecule has 8 heteroatoms. The largest absolute Gasteiger partial charge is 0.351 e. The van der Waals surface area contributed by atoms with Crippen molar-refractivity contribution in [2.75, 3.05) is 40.3 Å². The van der Waals surface area contributed by atoms with Gasteiger partial charge in [0.05, 0.1) is 22.0 Å². The van der Waals surface area contributed by atoms with Crippen LogP contribution in [0, 0.1) is 6.92 Å². The number of likely N-dealkylation sites (tertiary alicyclic amines) is 1. The Hall–Kier alpha value is -3.26. The molecule has 33 heavy (non-hydrogen) atoms. The number of amides is 2. The maximum atomic E-state index is 13.3. The molecule has 0 bridgehead atoms. The monoisotopic (exact) mass is 449 g/mol. The summed E-state index contributed by atoms with van der Waals surface area (Å²) in [5.74, 6) is -0.0707. The molecular formula is C25H31N5O3. The molecule has 1 fully saturated rings. The SMILES string of the molecule is Cc1cccc2cc3c(=O)n(CCCN4CCCC4=O)cc(C(=O)NCCN(C)C)c3nc12. The van der Waals surface area contributed by atoms with Crippen LogP contribution in [-0.4, -0.2) is 71.4 Å². The quantitative estimate of drug-likeness (QED) is 0.533. The van der Waals surface area contributed by atoms with E-state index in [4.69, 9.17) is 4.98 Å². The summed E-state index contributed by atoms with van der Waals surface area (Å²) in [6.45, 7) is 5.00. The normalized spacial score (nSPS) is 14.1. The highest BCUT2D eigenvalue weighted by atomic mass is 16.2. The molecule has 2 aromatic heterocycles. The Bertz CT molecular complexity index is 1260. The molecular weight excluding hydrogens is 418 g/mol. The molecule has 1 aliphatic heterocycles. The molecule has 1 saturated heterocycles. The lowest BCUT2D eigenvalue weighted by molar-refractivity contribution is -0.127. The number of pyridine rings is 2. The van der Waals surface area contributed by atoms with Gasteiger partial charge in [0.25, 0.3) is 11.5 Å². The zero-order chi connectivity index (χ0) is 23.5. The first-order valence-corrected chi connectivity index (χ1v) is 11.5. The van der Waals surface area contributed by atoms with E-state index in [0.717, 1.165) is 29.4 Å². The van der Waals surface area contributed by atoms with Gasteiger partial charge in [0, 0.05) is 50.7 Å². The summed E-state index contributed by atoms with van der Waals surface area (Å²) in [4.78, 5) is 46.9. The summed E-state index contributed by atoms with van der Waals surface area (Å²) in [5.41, 5.74) is 2.43. The van der Waals surface area contributed by atoms with Gasteiger partial charge in [-0.25, -0.2) is 4.98 Å². The van der Waals surface area contributed by atoms with Crippen molar-refractivity contribution in [1.82, 2.24) is 24.7 Å². The Morgan fingerprint density at radius 1 is 1.18 bits per heavy atom. The number of benzene rings is 1. The summed E-state index contributed by atoms with van der Waals surface area (Å²) in [7, 11) is 3.90. The van der Waals surface area contributed by atoms with Crippen molar-refractivity contribution in [3.05, 3.63) is 51.9 Å². The predicted molar refractivity (Wildman–Crippen MR) is 130 cm³/mol. The Morgan fingerprint density at radius 2 is 2.00 bits per heavy atom. The molecule has 0 aliphatic carbocycles. The molecule has 3 aromatic rings. The van der Waals surface area contributed by atoms with Gasteiger partial charge in [0.15, 0.2) is 0 Å². The Kier molecular flexibility index (Phi) is 6.74. The highest BCUT2D eigenvalue weighted by Gasteiger charge is 2.20. The molecule has 0 saturated carbocycles. The number of hydrogen-bond acceptors (Lipinski definition) is 5. The number of rotatable bonds is 8. The number of para-hydroxylation sites is 1. The number of carbonyl (C=O) groups is 2. The van der Waals surface area contributed by atoms with Crippen molar-refractivity contribution >= 4 is 33.6 Å². The number of carbonyl (C=O) groups excluding carboxylic acids is 2. The van der Waals surface area contributed by atoms with Crippen LogP contribution in [0.1, 0.15) is 35.2 Å². The van der Waals surface area contributed by atoms with E-state index in [-0.39, 0.29) is 17.4 Å². The summed E-state index contributed by atoms with van der Waals surface area (Å²) in [6, 6.07) is 7.68. The molecule has 174 valence electrons. The second-order valence-corrected chi connectivity index (χ2v) is 8.97. The van der Waals surface area contributed by atoms with E-state index >= 15 is 0 Å². The smallest absolute Gasteiger partial charge is 0.260 e. The highest BCUT2D eigenvalue weighted by Crippen LogP contribution is 2.23. The van der Waals surface area contributed by atoms with Crippen LogP contribution in [0.15, 0.2) is 35.3 Å². The molecule has 1 aromatic carbocycles. The van der Waals surface area contributed by atoms with E-state index in [0.29, 0.717) is 55.5 Å². The van der Waals surface area contributed by atoms with Crippen LogP contribution in [0.2, 0.25) is 0 Å². The first-order chi connectivity index (χ1) is 15.8. The first-order valence-electron chi connectivity index (χ1n) is 11.5. The fourth-order valence-electron chi connectivity index (χ4n) is 4.34. The van der Waals surface area contributed by atoms with Gasteiger partial charge >= 0.3 is 0 Å². The van der Waals surface area contributed by atoms with E-state index in [9.17, 15) is 14.4 Å². The maximum Gasteiger partial charge on any atom is 0.260 e. The van der Waals surface area contributed by atoms with E-state index < -0.39 is 0 Å². The third kappa shape index (κ3) is 4.90. The minimum Gasteiger partial charge on any atom is -0.351 e. The molecule has 0 unspecified atom stereocenters. The standard InChI is InChI=1S/C25H31N5O3/c1-17-7-4-8-18-15-19-23(27-22(17)18)20(24(32)26-10-14-28(2)3)16-30(25(19)33)13-6-12-29-11-5-9-21(29)31/h4,7-8,15-16H,5-6,9-14H2,1-3H3,(H,26,32). The summed E-state index contributed by atoms with van der Waals surface area (Å²) < 4.78 is 1.59. The molecule has 0 spiro atoms. The van der Waals surface area contributed by atoms with Gasteiger partial charge in [-0.05, 0) is 45.5 Å². The second-order valence-electron chi connectivity index (χ2n) is 8.97. The summed E-state index contributed by atoms with van der Waals surface area (Å²) in [5, 5.41) is 4.26. The maximum absolute atomic E-state index is 13.3. The molecule has 0 radical (unpaired) electrons. The minimum atomic E-state index is -0.245. The fraction of sp³-hybridized carbons (Fsp3) is 0.440. The van der Waals surface area contributed by atoms with Gasteiger partial charge in [0.1, 0.15) is 0 Å². The lowest BCUT2D eigenvalue weighted by Gasteiger charge is -2.17.